The highest BCUT2D eigenvalue weighted by Gasteiger charge is 2.39. The number of rotatable bonds is 3. The lowest BCUT2D eigenvalue weighted by atomic mass is 9.82. The Hall–Kier alpha value is -3.41. The summed E-state index contributed by atoms with van der Waals surface area (Å²) in [5, 5.41) is 3.27. The zero-order valence-corrected chi connectivity index (χ0v) is 15.6. The average Bonchev–Trinajstić information content (AvgIpc) is 2.69. The van der Waals surface area contributed by atoms with Gasteiger partial charge in [-0.05, 0) is 26.0 Å². The minimum atomic E-state index is -0.756. The average molecular weight is 377 g/mol. The van der Waals surface area contributed by atoms with Gasteiger partial charge in [0.15, 0.2) is 11.6 Å². The molecule has 2 aromatic rings. The maximum absolute atomic E-state index is 13.1. The number of hydrogen-bond donors (Lipinski definition) is 1. The van der Waals surface area contributed by atoms with Crippen LogP contribution in [0.25, 0.3) is 0 Å². The van der Waals surface area contributed by atoms with E-state index in [1.807, 2.05) is 6.92 Å². The monoisotopic (exact) mass is 377 g/mol. The second-order valence-electron chi connectivity index (χ2n) is 7.40. The molecule has 1 atom stereocenters. The standard InChI is InChI=1S/C22H19NO5/c1-12(2)21(26)28-11-22(3)10-27-16-9-8-15-17(18(16)23-22)20(25)14-7-5-4-6-13(14)19(15)24/h4-9,23H,1,10-11H2,2-3H3. The van der Waals surface area contributed by atoms with Crippen molar-refractivity contribution >= 4 is 23.2 Å². The summed E-state index contributed by atoms with van der Waals surface area (Å²) in [6.07, 6.45) is 0. The summed E-state index contributed by atoms with van der Waals surface area (Å²) in [5.41, 5.74) is 1.39. The van der Waals surface area contributed by atoms with Crippen molar-refractivity contribution in [3.05, 3.63) is 70.8 Å². The Morgan fingerprint density at radius 2 is 1.82 bits per heavy atom. The van der Waals surface area contributed by atoms with Crippen LogP contribution in [0.3, 0.4) is 0 Å². The van der Waals surface area contributed by atoms with Crippen molar-refractivity contribution in [2.75, 3.05) is 18.5 Å². The number of ketones is 2. The van der Waals surface area contributed by atoms with Crippen LogP contribution in [0.15, 0.2) is 48.6 Å². The molecule has 6 heteroatoms. The van der Waals surface area contributed by atoms with Crippen LogP contribution in [0.2, 0.25) is 0 Å². The first-order chi connectivity index (χ1) is 13.3. The third-order valence-electron chi connectivity index (χ3n) is 4.90. The van der Waals surface area contributed by atoms with E-state index >= 15 is 0 Å². The van der Waals surface area contributed by atoms with E-state index in [1.165, 1.54) is 0 Å². The van der Waals surface area contributed by atoms with E-state index in [0.717, 1.165) is 0 Å². The zero-order chi connectivity index (χ0) is 20.1. The van der Waals surface area contributed by atoms with Crippen molar-refractivity contribution in [2.24, 2.45) is 0 Å². The molecule has 0 radical (unpaired) electrons. The molecule has 6 nitrogen and oxygen atoms in total. The molecule has 2 aliphatic rings. The van der Waals surface area contributed by atoms with Crippen LogP contribution in [-0.2, 0) is 9.53 Å². The number of fused-ring (bicyclic) bond motifs is 4. The number of carbonyl (C=O) groups excluding carboxylic acids is 3. The molecule has 1 aliphatic carbocycles. The number of nitrogens with one attached hydrogen (secondary N) is 1. The highest BCUT2D eigenvalue weighted by Crippen LogP contribution is 2.41. The second kappa shape index (κ2) is 6.34. The van der Waals surface area contributed by atoms with E-state index in [1.54, 1.807) is 43.3 Å². The fourth-order valence-corrected chi connectivity index (χ4v) is 3.41. The van der Waals surface area contributed by atoms with Gasteiger partial charge in [0.25, 0.3) is 0 Å². The van der Waals surface area contributed by atoms with Crippen LogP contribution >= 0.6 is 0 Å². The predicted octanol–water partition coefficient (Wildman–Crippen LogP) is 3.14. The number of ether oxygens (including phenoxy) is 2. The Kier molecular flexibility index (Phi) is 4.07. The second-order valence-corrected chi connectivity index (χ2v) is 7.40. The molecule has 142 valence electrons. The largest absolute Gasteiger partial charge is 0.489 e. The highest BCUT2D eigenvalue weighted by molar-refractivity contribution is 6.30. The van der Waals surface area contributed by atoms with Crippen molar-refractivity contribution in [3.63, 3.8) is 0 Å². The highest BCUT2D eigenvalue weighted by atomic mass is 16.5. The van der Waals surface area contributed by atoms with E-state index in [4.69, 9.17) is 9.47 Å². The first-order valence-electron chi connectivity index (χ1n) is 8.90. The third kappa shape index (κ3) is 2.78. The SMILES string of the molecule is C=C(C)C(=O)OCC1(C)COc2ccc3c(c2N1)C(=O)c1ccccc1C3=O. The Morgan fingerprint density at radius 3 is 2.50 bits per heavy atom. The first kappa shape index (κ1) is 18.0. The zero-order valence-electron chi connectivity index (χ0n) is 15.6. The van der Waals surface area contributed by atoms with Gasteiger partial charge in [-0.15, -0.1) is 0 Å². The molecule has 2 aromatic carbocycles. The van der Waals surface area contributed by atoms with Crippen LogP contribution in [0.1, 0.15) is 45.7 Å². The summed E-state index contributed by atoms with van der Waals surface area (Å²) in [7, 11) is 0. The molecule has 28 heavy (non-hydrogen) atoms. The molecule has 0 saturated heterocycles. The van der Waals surface area contributed by atoms with Crippen LogP contribution in [0.5, 0.6) is 5.75 Å². The molecule has 0 spiro atoms. The van der Waals surface area contributed by atoms with E-state index in [9.17, 15) is 14.4 Å². The molecular weight excluding hydrogens is 358 g/mol. The number of carbonyl (C=O) groups is 3. The van der Waals surface area contributed by atoms with Crippen molar-refractivity contribution < 1.29 is 23.9 Å². The summed E-state index contributed by atoms with van der Waals surface area (Å²) in [4.78, 5) is 37.8. The van der Waals surface area contributed by atoms with Gasteiger partial charge in [0.05, 0.1) is 11.3 Å². The van der Waals surface area contributed by atoms with Gasteiger partial charge in [-0.3, -0.25) is 9.59 Å². The molecule has 4 rings (SSSR count). The lowest BCUT2D eigenvalue weighted by molar-refractivity contribution is -0.140. The Morgan fingerprint density at radius 1 is 1.14 bits per heavy atom. The molecule has 1 unspecified atom stereocenters. The maximum Gasteiger partial charge on any atom is 0.333 e. The van der Waals surface area contributed by atoms with Gasteiger partial charge in [-0.2, -0.15) is 0 Å². The minimum absolute atomic E-state index is 0.0283. The Labute approximate surface area is 162 Å². The van der Waals surface area contributed by atoms with E-state index in [0.29, 0.717) is 39.3 Å². The molecule has 1 heterocycles. The molecule has 1 N–H and O–H groups in total. The molecule has 1 aliphatic heterocycles. The van der Waals surface area contributed by atoms with Crippen LogP contribution in [0, 0.1) is 0 Å². The number of anilines is 1. The summed E-state index contributed by atoms with van der Waals surface area (Å²) in [5.74, 6) is -0.441. The van der Waals surface area contributed by atoms with E-state index < -0.39 is 11.5 Å². The summed E-state index contributed by atoms with van der Waals surface area (Å²) >= 11 is 0. The van der Waals surface area contributed by atoms with Gasteiger partial charge in [-0.25, -0.2) is 4.79 Å². The molecule has 0 saturated carbocycles. The minimum Gasteiger partial charge on any atom is -0.489 e. The van der Waals surface area contributed by atoms with Gasteiger partial charge < -0.3 is 14.8 Å². The fraction of sp³-hybridized carbons (Fsp3) is 0.227. The van der Waals surface area contributed by atoms with Crippen molar-refractivity contribution in [2.45, 2.75) is 19.4 Å². The van der Waals surface area contributed by atoms with Crippen molar-refractivity contribution in [3.8, 4) is 5.75 Å². The lowest BCUT2D eigenvalue weighted by Crippen LogP contribution is -2.49. The van der Waals surface area contributed by atoms with Gasteiger partial charge in [0.1, 0.15) is 24.5 Å². The summed E-state index contributed by atoms with van der Waals surface area (Å²) in [6.45, 7) is 7.23. The topological polar surface area (TPSA) is 81.7 Å². The molecule has 0 aromatic heterocycles. The van der Waals surface area contributed by atoms with Gasteiger partial charge >= 0.3 is 5.97 Å². The number of hydrogen-bond acceptors (Lipinski definition) is 6. The van der Waals surface area contributed by atoms with Crippen LogP contribution in [-0.4, -0.2) is 36.3 Å². The van der Waals surface area contributed by atoms with Gasteiger partial charge in [-0.1, -0.05) is 30.8 Å². The van der Waals surface area contributed by atoms with Gasteiger partial charge in [0, 0.05) is 22.3 Å². The molecule has 0 amide bonds. The third-order valence-corrected chi connectivity index (χ3v) is 4.90. The summed E-state index contributed by atoms with van der Waals surface area (Å²) < 4.78 is 11.1. The molecular formula is C22H19NO5. The number of esters is 1. The summed E-state index contributed by atoms with van der Waals surface area (Å²) in [6, 6.07) is 10.1. The molecule has 0 bridgehead atoms. The maximum atomic E-state index is 13.1. The number of benzene rings is 2. The Bertz CT molecular complexity index is 1050. The first-order valence-corrected chi connectivity index (χ1v) is 8.90. The van der Waals surface area contributed by atoms with Gasteiger partial charge in [0.2, 0.25) is 0 Å². The predicted molar refractivity (Wildman–Crippen MR) is 103 cm³/mol. The van der Waals surface area contributed by atoms with Crippen LogP contribution < -0.4 is 10.1 Å². The smallest absolute Gasteiger partial charge is 0.333 e. The van der Waals surface area contributed by atoms with Crippen molar-refractivity contribution in [1.82, 2.24) is 0 Å². The normalized spacial score (nSPS) is 19.5. The quantitative estimate of drug-likeness (QED) is 0.558. The lowest BCUT2D eigenvalue weighted by Gasteiger charge is -2.38. The van der Waals surface area contributed by atoms with Crippen molar-refractivity contribution in [1.29, 1.82) is 0 Å². The van der Waals surface area contributed by atoms with E-state index in [2.05, 4.69) is 11.9 Å². The molecule has 0 fully saturated rings. The van der Waals surface area contributed by atoms with Crippen LogP contribution in [0.4, 0.5) is 5.69 Å². The van der Waals surface area contributed by atoms with E-state index in [-0.39, 0.29) is 24.8 Å². The Balaban J connectivity index is 1.73. The fourth-order valence-electron chi connectivity index (χ4n) is 3.41.